The molecule has 2 fully saturated rings. The van der Waals surface area contributed by atoms with Crippen LogP contribution in [0.15, 0.2) is 48.8 Å². The normalized spacial score (nSPS) is 27.7. The van der Waals surface area contributed by atoms with Crippen LogP contribution in [0.5, 0.6) is 0 Å². The molecule has 6 atom stereocenters. The Morgan fingerprint density at radius 2 is 1.74 bits per heavy atom. The van der Waals surface area contributed by atoms with Crippen LogP contribution in [0.1, 0.15) is 125 Å². The van der Waals surface area contributed by atoms with Crippen molar-refractivity contribution in [3.63, 3.8) is 0 Å². The van der Waals surface area contributed by atoms with Crippen LogP contribution in [0.4, 0.5) is 4.39 Å². The number of carbonyl (C=O) groups is 1. The first-order chi connectivity index (χ1) is 24.8. The van der Waals surface area contributed by atoms with E-state index in [1.165, 1.54) is 5.56 Å². The van der Waals surface area contributed by atoms with Gasteiger partial charge in [0.25, 0.3) is 5.91 Å². The van der Waals surface area contributed by atoms with Crippen LogP contribution in [0.25, 0.3) is 22.2 Å². The van der Waals surface area contributed by atoms with Crippen LogP contribution in [0.2, 0.25) is 18.1 Å². The Kier molecular flexibility index (Phi) is 8.36. The average Bonchev–Trinajstić information content (AvgIpc) is 3.81. The van der Waals surface area contributed by atoms with Gasteiger partial charge in [-0.15, -0.1) is 0 Å². The van der Waals surface area contributed by atoms with E-state index in [1.807, 2.05) is 63.9 Å². The van der Waals surface area contributed by atoms with Crippen molar-refractivity contribution >= 4 is 36.2 Å². The van der Waals surface area contributed by atoms with Gasteiger partial charge in [0.15, 0.2) is 14.1 Å². The van der Waals surface area contributed by atoms with Crippen molar-refractivity contribution in [2.45, 2.75) is 127 Å². The Hall–Kier alpha value is -3.32. The van der Waals surface area contributed by atoms with Gasteiger partial charge in [0, 0.05) is 49.0 Å². The second kappa shape index (κ2) is 12.1. The molecule has 12 heteroatoms. The van der Waals surface area contributed by atoms with E-state index in [0.717, 1.165) is 58.4 Å². The molecule has 282 valence electrons. The van der Waals surface area contributed by atoms with E-state index in [-0.39, 0.29) is 29.6 Å². The van der Waals surface area contributed by atoms with Crippen LogP contribution in [0, 0.1) is 5.41 Å². The van der Waals surface area contributed by atoms with E-state index in [9.17, 15) is 9.00 Å². The molecule has 0 saturated heterocycles. The predicted octanol–water partition coefficient (Wildman–Crippen LogP) is 8.51. The van der Waals surface area contributed by atoms with Crippen molar-refractivity contribution in [2.75, 3.05) is 13.7 Å². The topological polar surface area (TPSA) is 102 Å². The van der Waals surface area contributed by atoms with Crippen LogP contribution in [0.3, 0.4) is 0 Å². The minimum Gasteiger partial charge on any atom is -0.416 e. The number of alkyl halides is 1. The fourth-order valence-electron chi connectivity index (χ4n) is 8.40. The van der Waals surface area contributed by atoms with Crippen LogP contribution in [-0.4, -0.2) is 67.4 Å². The number of hydrogen-bond donors (Lipinski definition) is 1. The molecular weight excluding hydrogens is 704 g/mol. The van der Waals surface area contributed by atoms with Crippen molar-refractivity contribution in [1.29, 1.82) is 0 Å². The zero-order chi connectivity index (χ0) is 38.0. The van der Waals surface area contributed by atoms with Crippen molar-refractivity contribution in [2.24, 2.45) is 5.41 Å². The molecule has 1 unspecified atom stereocenters. The number of hydrogen-bond acceptors (Lipinski definition) is 6. The van der Waals surface area contributed by atoms with Gasteiger partial charge < -0.3 is 13.9 Å². The van der Waals surface area contributed by atoms with Gasteiger partial charge in [0.2, 0.25) is 0 Å². The van der Waals surface area contributed by atoms with E-state index in [0.29, 0.717) is 18.2 Å². The lowest BCUT2D eigenvalue weighted by Gasteiger charge is -2.57. The number of nitrogens with zero attached hydrogens (tertiary/aromatic N) is 5. The number of benzene rings is 2. The SMILES string of the molecule is CN1C(=O)c2cccc(C3CC3)c2[C@H]2C[C@@H]1c1nc3ccc(-c4cnc([C@@]5(NS(=O)C(C)(C)C)C[C@@](C)(CO[Si](C)(C)C(C)(C)C)[C@@H]5F)nc4)cc3n12. The molecule has 9 nitrogen and oxygen atoms in total. The van der Waals surface area contributed by atoms with E-state index in [2.05, 4.69) is 55.3 Å². The zero-order valence-electron chi connectivity index (χ0n) is 32.7. The highest BCUT2D eigenvalue weighted by Gasteiger charge is 2.66. The monoisotopic (exact) mass is 756 g/mol. The molecule has 4 heterocycles. The van der Waals surface area contributed by atoms with Gasteiger partial charge in [-0.05, 0) is 99.0 Å². The summed E-state index contributed by atoms with van der Waals surface area (Å²) in [6.07, 6.45) is 5.55. The summed E-state index contributed by atoms with van der Waals surface area (Å²) >= 11 is 0. The first kappa shape index (κ1) is 36.6. The van der Waals surface area contributed by atoms with E-state index >= 15 is 4.39 Å². The third-order valence-corrected chi connectivity index (χ3v) is 18.9. The van der Waals surface area contributed by atoms with Gasteiger partial charge in [-0.1, -0.05) is 45.9 Å². The zero-order valence-corrected chi connectivity index (χ0v) is 34.5. The first-order valence-corrected chi connectivity index (χ1v) is 23.0. The fourth-order valence-corrected chi connectivity index (χ4v) is 10.4. The lowest BCUT2D eigenvalue weighted by Crippen LogP contribution is -2.70. The summed E-state index contributed by atoms with van der Waals surface area (Å²) in [4.78, 5) is 30.3. The maximum absolute atomic E-state index is 16.9. The van der Waals surface area contributed by atoms with Crippen molar-refractivity contribution in [3.05, 3.63) is 77.1 Å². The maximum Gasteiger partial charge on any atom is 0.254 e. The lowest BCUT2D eigenvalue weighted by molar-refractivity contribution is -0.115. The number of nitrogens with one attached hydrogen (secondary N) is 1. The van der Waals surface area contributed by atoms with Crippen LogP contribution >= 0.6 is 0 Å². The van der Waals surface area contributed by atoms with Gasteiger partial charge in [0.05, 0.1) is 38.8 Å². The number of rotatable bonds is 8. The number of imidazole rings is 1. The van der Waals surface area contributed by atoms with Gasteiger partial charge >= 0.3 is 0 Å². The Morgan fingerprint density at radius 3 is 2.36 bits per heavy atom. The van der Waals surface area contributed by atoms with Gasteiger partial charge in [-0.2, -0.15) is 0 Å². The molecule has 2 aliphatic carbocycles. The Balaban J connectivity index is 1.13. The number of halogens is 1. The molecule has 4 aromatic rings. The third kappa shape index (κ3) is 5.76. The Bertz CT molecular complexity index is 2160. The molecule has 1 N–H and O–H groups in total. The lowest BCUT2D eigenvalue weighted by atomic mass is 9.57. The van der Waals surface area contributed by atoms with Crippen molar-refractivity contribution < 1.29 is 17.8 Å². The minimum absolute atomic E-state index is 0.00149. The summed E-state index contributed by atoms with van der Waals surface area (Å²) in [6.45, 7) is 18.7. The number of carbonyl (C=O) groups excluding carboxylic acids is 1. The van der Waals surface area contributed by atoms with Crippen LogP contribution in [-0.2, 0) is 21.0 Å². The third-order valence-electron chi connectivity index (χ3n) is 12.8. The summed E-state index contributed by atoms with van der Waals surface area (Å²) < 4.78 is 41.8. The standard InChI is InChI=1S/C41H53FN6O3SSi/c1-38(2,3)52(50)46-41(22-40(7,36(41)42)23-51-53(9,10)39(4,5)6)37-43-20-26(21-44-37)25-16-17-29-30(18-25)48-31-19-32(34(48)45-29)47(8)35(49)28-13-11-12-27(33(28)31)24-14-15-24/h11-13,16-18,20-21,24,31-32,36,46H,14-15,19,22-23H2,1-10H3/t31-,32-,36+,40+,41-,52?/m1/s1. The number of fused-ring (bicyclic) bond motifs is 9. The highest BCUT2D eigenvalue weighted by Crippen LogP contribution is 2.57. The number of aromatic nitrogens is 4. The molecule has 53 heavy (non-hydrogen) atoms. The quantitative estimate of drug-likeness (QED) is 0.181. The average molecular weight is 757 g/mol. The molecule has 0 radical (unpaired) electrons. The van der Waals surface area contributed by atoms with E-state index in [4.69, 9.17) is 19.4 Å². The summed E-state index contributed by atoms with van der Waals surface area (Å²) in [7, 11) is -1.78. The fraction of sp³-hybridized carbons (Fsp3) is 0.561. The van der Waals surface area contributed by atoms with E-state index in [1.54, 1.807) is 12.4 Å². The van der Waals surface area contributed by atoms with Crippen molar-refractivity contribution in [1.82, 2.24) is 29.1 Å². The summed E-state index contributed by atoms with van der Waals surface area (Å²) in [5.74, 6) is 1.78. The molecule has 2 bridgehead atoms. The molecule has 2 aromatic carbocycles. The smallest absolute Gasteiger partial charge is 0.254 e. The first-order valence-electron chi connectivity index (χ1n) is 19.0. The molecule has 2 aromatic heterocycles. The molecule has 2 saturated carbocycles. The Morgan fingerprint density at radius 1 is 1.04 bits per heavy atom. The molecule has 4 aliphatic rings. The molecule has 8 rings (SSSR count). The van der Waals surface area contributed by atoms with Crippen molar-refractivity contribution in [3.8, 4) is 11.1 Å². The maximum atomic E-state index is 16.9. The summed E-state index contributed by atoms with van der Waals surface area (Å²) in [6, 6.07) is 12.3. The second-order valence-electron chi connectivity index (χ2n) is 18.8. The highest BCUT2D eigenvalue weighted by atomic mass is 32.2. The summed E-state index contributed by atoms with van der Waals surface area (Å²) in [5, 5.41) is -0.00149. The molecule has 2 aliphatic heterocycles. The molecule has 1 amide bonds. The molecular formula is C41H53FN6O3SSi. The largest absolute Gasteiger partial charge is 0.416 e. The second-order valence-corrected chi connectivity index (χ2v) is 25.6. The van der Waals surface area contributed by atoms with Gasteiger partial charge in [-0.25, -0.2) is 28.3 Å². The summed E-state index contributed by atoms with van der Waals surface area (Å²) in [5.41, 5.74) is 4.75. The van der Waals surface area contributed by atoms with E-state index < -0.39 is 41.2 Å². The van der Waals surface area contributed by atoms with Gasteiger partial charge in [-0.3, -0.25) is 4.79 Å². The Labute approximate surface area is 316 Å². The number of amides is 1. The van der Waals surface area contributed by atoms with Gasteiger partial charge in [0.1, 0.15) is 17.5 Å². The predicted molar refractivity (Wildman–Crippen MR) is 210 cm³/mol. The highest BCUT2D eigenvalue weighted by molar-refractivity contribution is 7.84. The molecule has 0 spiro atoms. The minimum atomic E-state index is -2.12. The van der Waals surface area contributed by atoms with Crippen LogP contribution < -0.4 is 4.72 Å².